The van der Waals surface area contributed by atoms with Gasteiger partial charge in [0, 0.05) is 0 Å². The number of benzene rings is 3. The highest BCUT2D eigenvalue weighted by molar-refractivity contribution is 14.1. The van der Waals surface area contributed by atoms with Crippen LogP contribution in [0.2, 0.25) is 0 Å². The van der Waals surface area contributed by atoms with E-state index in [9.17, 15) is 10.1 Å². The first-order valence-electron chi connectivity index (χ1n) is 8.93. The second kappa shape index (κ2) is 9.43. The highest BCUT2D eigenvalue weighted by Gasteiger charge is 2.14. The lowest BCUT2D eigenvalue weighted by molar-refractivity contribution is -0.139. The summed E-state index contributed by atoms with van der Waals surface area (Å²) < 4.78 is 11.7. The van der Waals surface area contributed by atoms with E-state index in [1.165, 1.54) is 0 Å². The van der Waals surface area contributed by atoms with E-state index in [1.807, 2.05) is 55.5 Å². The van der Waals surface area contributed by atoms with Gasteiger partial charge in [-0.2, -0.15) is 5.26 Å². The Morgan fingerprint density at radius 2 is 1.90 bits per heavy atom. The molecule has 0 saturated heterocycles. The summed E-state index contributed by atoms with van der Waals surface area (Å²) in [5.74, 6) is -0.228. The van der Waals surface area contributed by atoms with Crippen molar-refractivity contribution in [1.82, 2.24) is 0 Å². The molecule has 146 valence electrons. The van der Waals surface area contributed by atoms with Gasteiger partial charge in [-0.3, -0.25) is 0 Å². The van der Waals surface area contributed by atoms with Crippen LogP contribution < -0.4 is 9.47 Å². The maximum absolute atomic E-state index is 10.8. The maximum atomic E-state index is 10.8. The van der Waals surface area contributed by atoms with Crippen LogP contribution in [0.25, 0.3) is 22.4 Å². The van der Waals surface area contributed by atoms with Crippen LogP contribution in [-0.4, -0.2) is 24.3 Å². The molecule has 0 aliphatic carbocycles. The van der Waals surface area contributed by atoms with E-state index in [-0.39, 0.29) is 0 Å². The van der Waals surface area contributed by atoms with Crippen molar-refractivity contribution in [2.45, 2.75) is 6.92 Å². The van der Waals surface area contributed by atoms with Crippen molar-refractivity contribution in [1.29, 1.82) is 5.26 Å². The fourth-order valence-electron chi connectivity index (χ4n) is 2.91. The van der Waals surface area contributed by atoms with E-state index in [0.717, 1.165) is 21.9 Å². The topological polar surface area (TPSA) is 79.5 Å². The second-order valence-corrected chi connectivity index (χ2v) is 7.34. The third-order valence-electron chi connectivity index (χ3n) is 4.16. The number of ether oxygens (including phenoxy) is 2. The number of aliphatic carboxylic acids is 1. The molecule has 3 aromatic carbocycles. The number of hydrogen-bond donors (Lipinski definition) is 1. The van der Waals surface area contributed by atoms with Gasteiger partial charge >= 0.3 is 5.97 Å². The van der Waals surface area contributed by atoms with Gasteiger partial charge in [0.1, 0.15) is 0 Å². The lowest BCUT2D eigenvalue weighted by atomic mass is 10.00. The molecule has 0 atom stereocenters. The molecule has 0 heterocycles. The Morgan fingerprint density at radius 3 is 2.59 bits per heavy atom. The Labute approximate surface area is 182 Å². The lowest BCUT2D eigenvalue weighted by Gasteiger charge is -2.14. The molecule has 5 nitrogen and oxygen atoms in total. The average molecular weight is 499 g/mol. The number of carboxylic acids is 1. The van der Waals surface area contributed by atoms with Crippen LogP contribution in [0, 0.1) is 14.9 Å². The van der Waals surface area contributed by atoms with Crippen molar-refractivity contribution in [2.24, 2.45) is 0 Å². The Morgan fingerprint density at radius 1 is 1.14 bits per heavy atom. The van der Waals surface area contributed by atoms with Gasteiger partial charge in [0.25, 0.3) is 0 Å². The predicted molar refractivity (Wildman–Crippen MR) is 121 cm³/mol. The summed E-state index contributed by atoms with van der Waals surface area (Å²) in [5.41, 5.74) is 2.11. The van der Waals surface area contributed by atoms with Gasteiger partial charge in [-0.15, -0.1) is 0 Å². The molecule has 1 N–H and O–H groups in total. The second-order valence-electron chi connectivity index (χ2n) is 6.18. The van der Waals surface area contributed by atoms with E-state index in [4.69, 9.17) is 14.6 Å². The number of carboxylic acid groups (broad SMARTS) is 1. The van der Waals surface area contributed by atoms with Crippen molar-refractivity contribution in [3.8, 4) is 17.6 Å². The number of fused-ring (bicyclic) bond motifs is 1. The first-order chi connectivity index (χ1) is 14.0. The fraction of sp³-hybridized carbons (Fsp3) is 0.130. The van der Waals surface area contributed by atoms with Crippen LogP contribution in [-0.2, 0) is 4.79 Å². The van der Waals surface area contributed by atoms with Gasteiger partial charge in [-0.05, 0) is 75.7 Å². The quantitative estimate of drug-likeness (QED) is 0.269. The Bertz CT molecular complexity index is 1130. The first-order valence-corrected chi connectivity index (χ1v) is 10.0. The van der Waals surface area contributed by atoms with Crippen LogP contribution in [0.15, 0.2) is 54.6 Å². The summed E-state index contributed by atoms with van der Waals surface area (Å²) in [6.07, 6.45) is 1.79. The number of rotatable bonds is 7. The van der Waals surface area contributed by atoms with Crippen molar-refractivity contribution >= 4 is 51.0 Å². The molecule has 0 spiro atoms. The number of hydrogen-bond acceptors (Lipinski definition) is 4. The molecule has 0 unspecified atom stereocenters. The van der Waals surface area contributed by atoms with Crippen molar-refractivity contribution in [3.63, 3.8) is 0 Å². The fourth-order valence-corrected chi connectivity index (χ4v) is 3.69. The van der Waals surface area contributed by atoms with E-state index in [1.54, 1.807) is 12.1 Å². The molecule has 29 heavy (non-hydrogen) atoms. The lowest BCUT2D eigenvalue weighted by Crippen LogP contribution is -2.11. The molecule has 0 fully saturated rings. The van der Waals surface area contributed by atoms with Gasteiger partial charge in [0.05, 0.1) is 21.8 Å². The zero-order valence-corrected chi connectivity index (χ0v) is 17.8. The standard InChI is InChI=1S/C23H18INO4/c1-2-28-21-11-15(10-20(24)23(21)29-14-22(26)27)9-19(13-25)18-8-7-16-5-3-4-6-17(16)12-18/h3-12H,2,14H2,1H3,(H,26,27)/b19-9-. The zero-order chi connectivity index (χ0) is 20.8. The number of nitrogens with zero attached hydrogens (tertiary/aromatic N) is 1. The summed E-state index contributed by atoms with van der Waals surface area (Å²) in [7, 11) is 0. The molecule has 0 aliphatic heterocycles. The van der Waals surface area contributed by atoms with E-state index in [0.29, 0.717) is 27.2 Å². The number of carbonyl (C=O) groups is 1. The van der Waals surface area contributed by atoms with Gasteiger partial charge in [-0.1, -0.05) is 36.4 Å². The van der Waals surface area contributed by atoms with Gasteiger partial charge in [-0.25, -0.2) is 4.79 Å². The molecule has 3 aromatic rings. The first kappa shape index (κ1) is 20.7. The normalized spacial score (nSPS) is 11.1. The summed E-state index contributed by atoms with van der Waals surface area (Å²) in [5, 5.41) is 20.8. The Balaban J connectivity index is 2.01. The predicted octanol–water partition coefficient (Wildman–Crippen LogP) is 5.37. The minimum absolute atomic E-state index is 0.385. The largest absolute Gasteiger partial charge is 0.490 e. The molecule has 0 aliphatic rings. The highest BCUT2D eigenvalue weighted by Crippen LogP contribution is 2.35. The summed E-state index contributed by atoms with van der Waals surface area (Å²) >= 11 is 2.07. The Hall–Kier alpha value is -3.05. The van der Waals surface area contributed by atoms with Crippen LogP contribution in [0.3, 0.4) is 0 Å². The highest BCUT2D eigenvalue weighted by atomic mass is 127. The molecule has 6 heteroatoms. The van der Waals surface area contributed by atoms with Gasteiger partial charge < -0.3 is 14.6 Å². The summed E-state index contributed by atoms with van der Waals surface area (Å²) in [6, 6.07) is 19.7. The van der Waals surface area contributed by atoms with Crippen molar-refractivity contribution in [3.05, 3.63) is 69.3 Å². The number of halogens is 1. The monoisotopic (exact) mass is 499 g/mol. The molecule has 0 amide bonds. The SMILES string of the molecule is CCOc1cc(/C=C(/C#N)c2ccc3ccccc3c2)cc(I)c1OCC(=O)O. The van der Waals surface area contributed by atoms with E-state index >= 15 is 0 Å². The number of allylic oxidation sites excluding steroid dienone is 1. The van der Waals surface area contributed by atoms with Crippen LogP contribution in [0.1, 0.15) is 18.1 Å². The van der Waals surface area contributed by atoms with E-state index in [2.05, 4.69) is 28.7 Å². The zero-order valence-electron chi connectivity index (χ0n) is 15.7. The molecule has 0 radical (unpaired) electrons. The summed E-state index contributed by atoms with van der Waals surface area (Å²) in [6.45, 7) is 1.79. The van der Waals surface area contributed by atoms with Gasteiger partial charge in [0.15, 0.2) is 18.1 Å². The van der Waals surface area contributed by atoms with Crippen LogP contribution in [0.5, 0.6) is 11.5 Å². The molecule has 0 saturated carbocycles. The van der Waals surface area contributed by atoms with Crippen molar-refractivity contribution < 1.29 is 19.4 Å². The van der Waals surface area contributed by atoms with Crippen molar-refractivity contribution in [2.75, 3.05) is 13.2 Å². The van der Waals surface area contributed by atoms with Crippen LogP contribution in [0.4, 0.5) is 0 Å². The Kier molecular flexibility index (Phi) is 6.73. The molecule has 0 bridgehead atoms. The average Bonchev–Trinajstić information content (AvgIpc) is 2.71. The minimum atomic E-state index is -1.06. The summed E-state index contributed by atoms with van der Waals surface area (Å²) in [4.78, 5) is 10.8. The molecular weight excluding hydrogens is 481 g/mol. The molecular formula is C23H18INO4. The third-order valence-corrected chi connectivity index (χ3v) is 4.96. The van der Waals surface area contributed by atoms with E-state index < -0.39 is 12.6 Å². The molecule has 0 aromatic heterocycles. The van der Waals surface area contributed by atoms with Crippen LogP contribution >= 0.6 is 22.6 Å². The third kappa shape index (κ3) is 5.06. The molecule has 3 rings (SSSR count). The minimum Gasteiger partial charge on any atom is -0.490 e. The number of nitriles is 1. The van der Waals surface area contributed by atoms with Gasteiger partial charge in [0.2, 0.25) is 0 Å². The maximum Gasteiger partial charge on any atom is 0.341 e. The smallest absolute Gasteiger partial charge is 0.341 e.